The molecule has 2 heteroatoms. The third kappa shape index (κ3) is 8.31. The smallest absolute Gasteiger partial charge is 0.468 e. The molecule has 0 aromatic heterocycles. The van der Waals surface area contributed by atoms with Crippen LogP contribution in [0.15, 0.2) is 25.3 Å². The minimum absolute atomic E-state index is 0.937. The van der Waals surface area contributed by atoms with Crippen molar-refractivity contribution >= 4 is 14.5 Å². The van der Waals surface area contributed by atoms with Crippen molar-refractivity contribution in [3.05, 3.63) is 25.3 Å². The fourth-order valence-corrected chi connectivity index (χ4v) is 2.91. The molecule has 74 valence electrons. The molecule has 13 heavy (non-hydrogen) atoms. The third-order valence-electron chi connectivity index (χ3n) is 1.96. The normalized spacial score (nSPS) is 9.62. The molecular weight excluding hydrogens is 175 g/mol. The summed E-state index contributed by atoms with van der Waals surface area (Å²) in [6.07, 6.45) is 7.69. The summed E-state index contributed by atoms with van der Waals surface area (Å²) in [7, 11) is 0. The third-order valence-corrected chi connectivity index (χ3v) is 4.39. The van der Waals surface area contributed by atoms with Gasteiger partial charge in [-0.15, -0.1) is 25.3 Å². The van der Waals surface area contributed by atoms with Crippen LogP contribution in [0.5, 0.6) is 0 Å². The van der Waals surface area contributed by atoms with Gasteiger partial charge in [-0.3, -0.25) is 0 Å². The molecule has 0 aromatic carbocycles. The van der Waals surface area contributed by atoms with Crippen molar-refractivity contribution in [1.82, 2.24) is 0 Å². The van der Waals surface area contributed by atoms with Gasteiger partial charge in [0, 0.05) is 6.61 Å². The van der Waals surface area contributed by atoms with Crippen molar-refractivity contribution in [2.45, 2.75) is 36.8 Å². The Bertz CT molecular complexity index is 124. The molecule has 1 nitrogen and oxygen atoms in total. The first-order chi connectivity index (χ1) is 6.35. The van der Waals surface area contributed by atoms with Crippen LogP contribution in [0.2, 0.25) is 10.6 Å². The van der Waals surface area contributed by atoms with E-state index in [1.807, 2.05) is 12.2 Å². The minimum atomic E-state index is -1.01. The molecule has 0 unspecified atom stereocenters. The summed E-state index contributed by atoms with van der Waals surface area (Å²) < 4.78 is 5.82. The highest BCUT2D eigenvalue weighted by Crippen LogP contribution is 2.05. The minimum Gasteiger partial charge on any atom is -0.500 e. The van der Waals surface area contributed by atoms with Gasteiger partial charge in [0.1, 0.15) is 0 Å². The predicted octanol–water partition coefficient (Wildman–Crippen LogP) is 3.56. The van der Waals surface area contributed by atoms with Gasteiger partial charge >= 0.3 is 14.5 Å². The molecule has 0 aliphatic heterocycles. The van der Waals surface area contributed by atoms with Gasteiger partial charge in [0.25, 0.3) is 0 Å². The van der Waals surface area contributed by atoms with Gasteiger partial charge in [-0.1, -0.05) is 30.3 Å². The van der Waals surface area contributed by atoms with Gasteiger partial charge in [0.15, 0.2) is 0 Å². The summed E-state index contributed by atoms with van der Waals surface area (Å²) in [4.78, 5) is 0. The number of allylic oxidation sites excluding steroid dienone is 2. The van der Waals surface area contributed by atoms with Crippen molar-refractivity contribution in [2.75, 3.05) is 6.61 Å². The quantitative estimate of drug-likeness (QED) is 0.311. The second-order valence-electron chi connectivity index (χ2n) is 3.25. The molecule has 0 aliphatic carbocycles. The van der Waals surface area contributed by atoms with E-state index < -0.39 is 14.5 Å². The molecule has 0 amide bonds. The fourth-order valence-electron chi connectivity index (χ4n) is 1.21. The summed E-state index contributed by atoms with van der Waals surface area (Å²) in [5.74, 6) is 0. The second kappa shape index (κ2) is 10.1. The topological polar surface area (TPSA) is 9.23 Å². The van der Waals surface area contributed by atoms with Crippen LogP contribution >= 0.6 is 0 Å². The Hall–Kier alpha value is -0.0275. The van der Waals surface area contributed by atoms with E-state index in [4.69, 9.17) is 3.79 Å². The zero-order valence-electron chi connectivity index (χ0n) is 8.80. The molecule has 0 radical (unpaired) electrons. The maximum absolute atomic E-state index is 5.82. The van der Waals surface area contributed by atoms with E-state index in [1.165, 1.54) is 19.3 Å². The first kappa shape index (κ1) is 13.0. The van der Waals surface area contributed by atoms with Gasteiger partial charge in [-0.05, 0) is 6.42 Å². The number of hydrogen-bond donors (Lipinski definition) is 0. The maximum atomic E-state index is 5.82. The average molecular weight is 196 g/mol. The van der Waals surface area contributed by atoms with Gasteiger partial charge in [0.2, 0.25) is 0 Å². The highest BCUT2D eigenvalue weighted by molar-refractivity contribution is 6.52. The molecule has 0 atom stereocenters. The SMILES string of the molecule is C=C[CH2][Al]([CH2]C=C)[O]CCCCC. The first-order valence-corrected chi connectivity index (χ1v) is 7.29. The van der Waals surface area contributed by atoms with Crippen molar-refractivity contribution < 1.29 is 3.79 Å². The second-order valence-corrected chi connectivity index (χ2v) is 5.77. The standard InChI is InChI=1S/C5H11O.2C3H5.Al/c1-2-3-4-5-6;2*1-3-2;/h2-5H2,1H3;2*3H,1-2H2;/q-1;;;+1. The Morgan fingerprint density at radius 2 is 1.77 bits per heavy atom. The lowest BCUT2D eigenvalue weighted by Gasteiger charge is -2.09. The zero-order valence-corrected chi connectivity index (χ0v) is 9.95. The lowest BCUT2D eigenvalue weighted by atomic mass is 10.3. The van der Waals surface area contributed by atoms with Crippen LogP contribution in [-0.2, 0) is 3.79 Å². The van der Waals surface area contributed by atoms with E-state index in [2.05, 4.69) is 20.1 Å². The summed E-state index contributed by atoms with van der Waals surface area (Å²) >= 11 is -1.01. The van der Waals surface area contributed by atoms with Gasteiger partial charge in [-0.25, -0.2) is 0 Å². The molecule has 0 aromatic rings. The number of unbranched alkanes of at least 4 members (excludes halogenated alkanes) is 2. The van der Waals surface area contributed by atoms with Crippen molar-refractivity contribution in [3.8, 4) is 0 Å². The largest absolute Gasteiger partial charge is 0.500 e. The molecule has 0 spiro atoms. The molecule has 0 bridgehead atoms. The number of rotatable bonds is 9. The summed E-state index contributed by atoms with van der Waals surface area (Å²) in [5, 5.41) is 2.14. The summed E-state index contributed by atoms with van der Waals surface area (Å²) in [5.41, 5.74) is 0. The molecule has 0 saturated carbocycles. The average Bonchev–Trinajstić information content (AvgIpc) is 2.13. The Labute approximate surface area is 87.2 Å². The fraction of sp³-hybridized carbons (Fsp3) is 0.636. The van der Waals surface area contributed by atoms with E-state index in [-0.39, 0.29) is 0 Å². The van der Waals surface area contributed by atoms with E-state index in [0.717, 1.165) is 17.2 Å². The molecule has 0 fully saturated rings. The van der Waals surface area contributed by atoms with Crippen LogP contribution < -0.4 is 0 Å². The Morgan fingerprint density at radius 3 is 2.23 bits per heavy atom. The van der Waals surface area contributed by atoms with Crippen LogP contribution in [-0.4, -0.2) is 21.1 Å². The summed E-state index contributed by atoms with van der Waals surface area (Å²) in [6, 6.07) is 0. The first-order valence-electron chi connectivity index (χ1n) is 5.18. The Balaban J connectivity index is 3.43. The molecule has 0 heterocycles. The molecular formula is C11H21AlO. The molecule has 0 saturated heterocycles. The Kier molecular flexibility index (Phi) is 10.0. The van der Waals surface area contributed by atoms with E-state index in [0.29, 0.717) is 0 Å². The predicted molar refractivity (Wildman–Crippen MR) is 61.2 cm³/mol. The van der Waals surface area contributed by atoms with Crippen LogP contribution in [0, 0.1) is 0 Å². The maximum Gasteiger partial charge on any atom is 0.468 e. The lowest BCUT2D eigenvalue weighted by molar-refractivity contribution is 0.310. The van der Waals surface area contributed by atoms with Crippen LogP contribution in [0.25, 0.3) is 0 Å². The Morgan fingerprint density at radius 1 is 1.15 bits per heavy atom. The highest BCUT2D eigenvalue weighted by atomic mass is 27.2. The lowest BCUT2D eigenvalue weighted by Crippen LogP contribution is -2.16. The zero-order chi connectivity index (χ0) is 9.94. The van der Waals surface area contributed by atoms with E-state index in [9.17, 15) is 0 Å². The molecule has 0 rings (SSSR count). The summed E-state index contributed by atoms with van der Waals surface area (Å²) in [6.45, 7) is 10.6. The van der Waals surface area contributed by atoms with Crippen LogP contribution in [0.4, 0.5) is 0 Å². The molecule has 0 aliphatic rings. The van der Waals surface area contributed by atoms with Gasteiger partial charge < -0.3 is 3.79 Å². The van der Waals surface area contributed by atoms with Crippen LogP contribution in [0.3, 0.4) is 0 Å². The van der Waals surface area contributed by atoms with Gasteiger partial charge in [-0.2, -0.15) is 0 Å². The number of hydrogen-bond acceptors (Lipinski definition) is 1. The van der Waals surface area contributed by atoms with Crippen molar-refractivity contribution in [1.29, 1.82) is 0 Å². The molecule has 0 N–H and O–H groups in total. The van der Waals surface area contributed by atoms with Crippen molar-refractivity contribution in [2.24, 2.45) is 0 Å². The van der Waals surface area contributed by atoms with E-state index >= 15 is 0 Å². The highest BCUT2D eigenvalue weighted by Gasteiger charge is 2.15. The van der Waals surface area contributed by atoms with Crippen molar-refractivity contribution in [3.63, 3.8) is 0 Å². The van der Waals surface area contributed by atoms with Crippen LogP contribution in [0.1, 0.15) is 26.2 Å². The van der Waals surface area contributed by atoms with E-state index in [1.54, 1.807) is 0 Å². The monoisotopic (exact) mass is 196 g/mol. The van der Waals surface area contributed by atoms with Gasteiger partial charge in [0.05, 0.1) is 0 Å².